The van der Waals surface area contributed by atoms with Crippen molar-refractivity contribution in [1.82, 2.24) is 5.32 Å². The van der Waals surface area contributed by atoms with E-state index in [1.54, 1.807) is 0 Å². The predicted molar refractivity (Wildman–Crippen MR) is 130 cm³/mol. The van der Waals surface area contributed by atoms with Gasteiger partial charge in [-0.25, -0.2) is 4.79 Å². The van der Waals surface area contributed by atoms with E-state index in [0.717, 1.165) is 41.8 Å². The lowest BCUT2D eigenvalue weighted by atomic mass is 10.1. The van der Waals surface area contributed by atoms with Crippen molar-refractivity contribution in [3.63, 3.8) is 0 Å². The lowest BCUT2D eigenvalue weighted by molar-refractivity contribution is -0.120. The molecule has 34 heavy (non-hydrogen) atoms. The Morgan fingerprint density at radius 3 is 2.56 bits per heavy atom. The van der Waals surface area contributed by atoms with E-state index in [2.05, 4.69) is 16.7 Å². The number of hydrogen-bond acceptors (Lipinski definition) is 4. The van der Waals surface area contributed by atoms with Gasteiger partial charge in [0.15, 0.2) is 11.5 Å². The highest BCUT2D eigenvalue weighted by Crippen LogP contribution is 2.32. The number of hydrogen-bond donors (Lipinski definition) is 2. The molecule has 0 saturated carbocycles. The van der Waals surface area contributed by atoms with E-state index in [1.807, 2.05) is 65.6 Å². The Kier molecular flexibility index (Phi) is 6.33. The summed E-state index contributed by atoms with van der Waals surface area (Å²) in [4.78, 5) is 27.2. The van der Waals surface area contributed by atoms with Crippen molar-refractivity contribution >= 4 is 23.3 Å². The van der Waals surface area contributed by atoms with Crippen LogP contribution in [0.2, 0.25) is 0 Å². The van der Waals surface area contributed by atoms with Gasteiger partial charge < -0.3 is 20.1 Å². The minimum atomic E-state index is -0.136. The zero-order valence-corrected chi connectivity index (χ0v) is 18.9. The van der Waals surface area contributed by atoms with E-state index >= 15 is 0 Å². The topological polar surface area (TPSA) is 79.9 Å². The van der Waals surface area contributed by atoms with Crippen molar-refractivity contribution in [2.24, 2.45) is 0 Å². The number of amides is 3. The van der Waals surface area contributed by atoms with Gasteiger partial charge in [0.25, 0.3) is 0 Å². The highest BCUT2D eigenvalue weighted by Gasteiger charge is 2.21. The number of nitrogens with zero attached hydrogens (tertiary/aromatic N) is 1. The summed E-state index contributed by atoms with van der Waals surface area (Å²) in [6, 6.07) is 21.0. The second-order valence-electron chi connectivity index (χ2n) is 8.51. The molecule has 3 aromatic carbocycles. The van der Waals surface area contributed by atoms with Crippen molar-refractivity contribution in [3.05, 3.63) is 83.4 Å². The van der Waals surface area contributed by atoms with Crippen LogP contribution in [0.4, 0.5) is 16.2 Å². The largest absolute Gasteiger partial charge is 0.454 e. The van der Waals surface area contributed by atoms with Crippen LogP contribution in [0.3, 0.4) is 0 Å². The molecule has 2 heterocycles. The summed E-state index contributed by atoms with van der Waals surface area (Å²) in [6.07, 6.45) is 3.30. The summed E-state index contributed by atoms with van der Waals surface area (Å²) in [5.74, 6) is 1.35. The summed E-state index contributed by atoms with van der Waals surface area (Å²) in [5, 5.41) is 5.92. The minimum absolute atomic E-state index is 0.0735. The van der Waals surface area contributed by atoms with Crippen LogP contribution in [-0.2, 0) is 24.2 Å². The van der Waals surface area contributed by atoms with Gasteiger partial charge in [-0.05, 0) is 66.3 Å². The first kappa shape index (κ1) is 21.8. The maximum Gasteiger partial charge on any atom is 0.326 e. The summed E-state index contributed by atoms with van der Waals surface area (Å²) in [5.41, 5.74) is 4.72. The van der Waals surface area contributed by atoms with E-state index in [4.69, 9.17) is 9.47 Å². The SMILES string of the molecule is O=C(Cc1ccc(NC(=O)N2CCCCc3ccccc32)cc1)NCc1ccc2c(c1)OCO2. The molecule has 0 aromatic heterocycles. The summed E-state index contributed by atoms with van der Waals surface area (Å²) < 4.78 is 10.7. The van der Waals surface area contributed by atoms with Crippen molar-refractivity contribution in [2.75, 3.05) is 23.6 Å². The number of carbonyl (C=O) groups excluding carboxylic acids is 2. The monoisotopic (exact) mass is 457 g/mol. The molecule has 7 heteroatoms. The van der Waals surface area contributed by atoms with E-state index in [9.17, 15) is 9.59 Å². The molecule has 2 N–H and O–H groups in total. The standard InChI is InChI=1S/C27H27N3O4/c31-26(28-17-20-10-13-24-25(15-20)34-18-33-24)16-19-8-11-22(12-9-19)29-27(32)30-14-4-3-6-21-5-1-2-7-23(21)30/h1-2,5,7-13,15H,3-4,6,14,16-18H2,(H,28,31)(H,29,32). The molecule has 0 bridgehead atoms. The first-order valence-electron chi connectivity index (χ1n) is 11.6. The third-order valence-corrected chi connectivity index (χ3v) is 6.10. The second kappa shape index (κ2) is 9.87. The van der Waals surface area contributed by atoms with Crippen LogP contribution in [0, 0.1) is 0 Å². The van der Waals surface area contributed by atoms with Crippen LogP contribution < -0.4 is 25.0 Å². The Hall–Kier alpha value is -4.00. The fourth-order valence-electron chi connectivity index (χ4n) is 4.30. The second-order valence-corrected chi connectivity index (χ2v) is 8.51. The van der Waals surface area contributed by atoms with Gasteiger partial charge in [0.2, 0.25) is 12.7 Å². The third-order valence-electron chi connectivity index (χ3n) is 6.10. The zero-order chi connectivity index (χ0) is 23.3. The van der Waals surface area contributed by atoms with Gasteiger partial charge in [0.05, 0.1) is 6.42 Å². The molecule has 0 fully saturated rings. The molecule has 0 unspecified atom stereocenters. The minimum Gasteiger partial charge on any atom is -0.454 e. The van der Waals surface area contributed by atoms with Gasteiger partial charge in [-0.2, -0.15) is 0 Å². The van der Waals surface area contributed by atoms with Crippen molar-refractivity contribution in [1.29, 1.82) is 0 Å². The Balaban J connectivity index is 1.15. The molecular weight excluding hydrogens is 430 g/mol. The van der Waals surface area contributed by atoms with Crippen LogP contribution >= 0.6 is 0 Å². The molecule has 3 amide bonds. The normalized spacial score (nSPS) is 14.2. The number of carbonyl (C=O) groups is 2. The Labute approximate surface area is 198 Å². The first-order chi connectivity index (χ1) is 16.7. The highest BCUT2D eigenvalue weighted by molar-refractivity contribution is 6.02. The molecule has 2 aliphatic rings. The van der Waals surface area contributed by atoms with Crippen LogP contribution in [-0.4, -0.2) is 25.3 Å². The summed E-state index contributed by atoms with van der Waals surface area (Å²) in [7, 11) is 0. The fourth-order valence-corrected chi connectivity index (χ4v) is 4.30. The number of fused-ring (bicyclic) bond motifs is 2. The van der Waals surface area contributed by atoms with Crippen molar-refractivity contribution in [2.45, 2.75) is 32.2 Å². The molecule has 174 valence electrons. The number of rotatable bonds is 5. The van der Waals surface area contributed by atoms with Crippen LogP contribution in [0.25, 0.3) is 0 Å². The number of aryl methyl sites for hydroxylation is 1. The van der Waals surface area contributed by atoms with Gasteiger partial charge in [0, 0.05) is 24.5 Å². The van der Waals surface area contributed by atoms with Gasteiger partial charge in [-0.1, -0.05) is 36.4 Å². The molecule has 0 radical (unpaired) electrons. The number of para-hydroxylation sites is 1. The van der Waals surface area contributed by atoms with Gasteiger partial charge >= 0.3 is 6.03 Å². The van der Waals surface area contributed by atoms with Crippen LogP contribution in [0.15, 0.2) is 66.7 Å². The number of benzene rings is 3. The zero-order valence-electron chi connectivity index (χ0n) is 18.9. The van der Waals surface area contributed by atoms with Crippen molar-refractivity contribution < 1.29 is 19.1 Å². The van der Waals surface area contributed by atoms with Gasteiger partial charge in [-0.3, -0.25) is 9.69 Å². The van der Waals surface area contributed by atoms with Gasteiger partial charge in [-0.15, -0.1) is 0 Å². The van der Waals surface area contributed by atoms with Crippen LogP contribution in [0.1, 0.15) is 29.5 Å². The third kappa shape index (κ3) is 4.98. The smallest absolute Gasteiger partial charge is 0.326 e. The van der Waals surface area contributed by atoms with E-state index in [0.29, 0.717) is 24.5 Å². The van der Waals surface area contributed by atoms with Crippen LogP contribution in [0.5, 0.6) is 11.5 Å². The maximum absolute atomic E-state index is 13.0. The first-order valence-corrected chi connectivity index (χ1v) is 11.6. The Morgan fingerprint density at radius 1 is 0.882 bits per heavy atom. The number of ether oxygens (including phenoxy) is 2. The molecule has 0 saturated heterocycles. The predicted octanol–water partition coefficient (Wildman–Crippen LogP) is 4.65. The van der Waals surface area contributed by atoms with E-state index in [1.165, 1.54) is 5.56 Å². The molecule has 5 rings (SSSR count). The van der Waals surface area contributed by atoms with E-state index < -0.39 is 0 Å². The fraction of sp³-hybridized carbons (Fsp3) is 0.259. The highest BCUT2D eigenvalue weighted by atomic mass is 16.7. The number of anilines is 2. The number of urea groups is 1. The molecular formula is C27H27N3O4. The van der Waals surface area contributed by atoms with E-state index in [-0.39, 0.29) is 25.2 Å². The quantitative estimate of drug-likeness (QED) is 0.585. The molecule has 0 spiro atoms. The Morgan fingerprint density at radius 2 is 1.68 bits per heavy atom. The lowest BCUT2D eigenvalue weighted by Crippen LogP contribution is -2.35. The molecule has 0 aliphatic carbocycles. The molecule has 2 aliphatic heterocycles. The molecule has 7 nitrogen and oxygen atoms in total. The summed E-state index contributed by atoms with van der Waals surface area (Å²) >= 11 is 0. The lowest BCUT2D eigenvalue weighted by Gasteiger charge is -2.23. The van der Waals surface area contributed by atoms with Gasteiger partial charge in [0.1, 0.15) is 0 Å². The maximum atomic E-state index is 13.0. The average Bonchev–Trinajstić information content (AvgIpc) is 3.21. The summed E-state index contributed by atoms with van der Waals surface area (Å²) in [6.45, 7) is 1.35. The molecule has 3 aromatic rings. The van der Waals surface area contributed by atoms with Crippen molar-refractivity contribution in [3.8, 4) is 11.5 Å². The molecule has 0 atom stereocenters. The Bertz CT molecular complexity index is 1190. The number of nitrogens with one attached hydrogen (secondary N) is 2. The average molecular weight is 458 g/mol.